The van der Waals surface area contributed by atoms with E-state index in [0.717, 1.165) is 32.4 Å². The zero-order valence-electron chi connectivity index (χ0n) is 13.0. The Balaban J connectivity index is 1.92. The predicted molar refractivity (Wildman–Crippen MR) is 88.4 cm³/mol. The van der Waals surface area contributed by atoms with E-state index in [4.69, 9.17) is 0 Å². The highest BCUT2D eigenvalue weighted by Gasteiger charge is 2.26. The van der Waals surface area contributed by atoms with Crippen LogP contribution in [0.4, 0.5) is 0 Å². The van der Waals surface area contributed by atoms with Crippen molar-refractivity contribution in [1.82, 2.24) is 4.90 Å². The van der Waals surface area contributed by atoms with Crippen molar-refractivity contribution in [3.63, 3.8) is 0 Å². The number of aliphatic hydroxyl groups excluding tert-OH is 1. The van der Waals surface area contributed by atoms with Gasteiger partial charge in [-0.3, -0.25) is 4.90 Å². The van der Waals surface area contributed by atoms with Crippen molar-refractivity contribution in [3.05, 3.63) is 47.5 Å². The highest BCUT2D eigenvalue weighted by atomic mass is 16.3. The van der Waals surface area contributed by atoms with Gasteiger partial charge < -0.3 is 5.11 Å². The first-order chi connectivity index (χ1) is 10.2. The number of nitrogens with zero attached hydrogens (tertiary/aromatic N) is 1. The Hall–Kier alpha value is -1.38. The molecule has 3 rings (SSSR count). The van der Waals surface area contributed by atoms with Crippen LogP contribution in [0.15, 0.2) is 36.4 Å². The Labute approximate surface area is 127 Å². The summed E-state index contributed by atoms with van der Waals surface area (Å²) in [6.45, 7) is 6.44. The highest BCUT2D eigenvalue weighted by molar-refractivity contribution is 5.86. The van der Waals surface area contributed by atoms with E-state index in [2.05, 4.69) is 55.1 Å². The normalized spacial score (nSPS) is 23.6. The lowest BCUT2D eigenvalue weighted by molar-refractivity contribution is 0.0358. The molecule has 0 radical (unpaired) electrons. The van der Waals surface area contributed by atoms with Gasteiger partial charge in [-0.1, -0.05) is 43.3 Å². The maximum atomic E-state index is 9.89. The molecule has 2 aromatic rings. The minimum Gasteiger partial charge on any atom is -0.393 e. The standard InChI is InChI=1S/C19H25NO/c1-3-16-12-17(21)10-11-20(16)13-19-14(2)8-9-15-6-4-5-7-18(15)19/h4-9,16-17,21H,3,10-13H2,1-2H3/t16-,17-/m0/s1. The molecule has 0 saturated carbocycles. The topological polar surface area (TPSA) is 23.5 Å². The van der Waals surface area contributed by atoms with E-state index in [1.807, 2.05) is 0 Å². The van der Waals surface area contributed by atoms with Gasteiger partial charge in [0.05, 0.1) is 6.10 Å². The van der Waals surface area contributed by atoms with Gasteiger partial charge in [-0.2, -0.15) is 0 Å². The molecular formula is C19H25NO. The Morgan fingerprint density at radius 3 is 2.81 bits per heavy atom. The van der Waals surface area contributed by atoms with Gasteiger partial charge >= 0.3 is 0 Å². The van der Waals surface area contributed by atoms with Crippen molar-refractivity contribution in [2.45, 2.75) is 51.8 Å². The van der Waals surface area contributed by atoms with Crippen LogP contribution in [0.5, 0.6) is 0 Å². The van der Waals surface area contributed by atoms with Crippen molar-refractivity contribution in [2.24, 2.45) is 0 Å². The predicted octanol–water partition coefficient (Wildman–Crippen LogP) is 3.88. The third-order valence-corrected chi connectivity index (χ3v) is 4.92. The molecule has 2 heteroatoms. The van der Waals surface area contributed by atoms with E-state index in [0.29, 0.717) is 6.04 Å². The van der Waals surface area contributed by atoms with E-state index < -0.39 is 0 Å². The van der Waals surface area contributed by atoms with Gasteiger partial charge in [-0.25, -0.2) is 0 Å². The third-order valence-electron chi connectivity index (χ3n) is 4.92. The molecule has 0 aromatic heterocycles. The number of rotatable bonds is 3. The summed E-state index contributed by atoms with van der Waals surface area (Å²) in [6, 6.07) is 13.6. The van der Waals surface area contributed by atoms with Crippen LogP contribution in [-0.2, 0) is 6.54 Å². The quantitative estimate of drug-likeness (QED) is 0.924. The van der Waals surface area contributed by atoms with Crippen molar-refractivity contribution in [2.75, 3.05) is 6.54 Å². The number of aliphatic hydroxyl groups is 1. The second kappa shape index (κ2) is 6.17. The molecule has 0 amide bonds. The minimum atomic E-state index is -0.111. The Bertz CT molecular complexity index is 622. The van der Waals surface area contributed by atoms with Crippen molar-refractivity contribution in [3.8, 4) is 0 Å². The zero-order chi connectivity index (χ0) is 14.8. The number of likely N-dealkylation sites (tertiary alicyclic amines) is 1. The summed E-state index contributed by atoms with van der Waals surface area (Å²) in [7, 11) is 0. The number of piperidine rings is 1. The van der Waals surface area contributed by atoms with Gasteiger partial charge in [-0.15, -0.1) is 0 Å². The number of benzene rings is 2. The van der Waals surface area contributed by atoms with Crippen LogP contribution in [0.1, 0.15) is 37.3 Å². The summed E-state index contributed by atoms with van der Waals surface area (Å²) in [6.07, 6.45) is 2.82. The smallest absolute Gasteiger partial charge is 0.0567 e. The van der Waals surface area contributed by atoms with E-state index in [1.165, 1.54) is 21.9 Å². The van der Waals surface area contributed by atoms with Crippen molar-refractivity contribution in [1.29, 1.82) is 0 Å². The number of fused-ring (bicyclic) bond motifs is 1. The van der Waals surface area contributed by atoms with Gasteiger partial charge in [0.15, 0.2) is 0 Å². The molecule has 1 N–H and O–H groups in total. The van der Waals surface area contributed by atoms with Gasteiger partial charge in [0.1, 0.15) is 0 Å². The number of hydrogen-bond donors (Lipinski definition) is 1. The van der Waals surface area contributed by atoms with Crippen LogP contribution in [0.3, 0.4) is 0 Å². The summed E-state index contributed by atoms with van der Waals surface area (Å²) in [5, 5.41) is 12.6. The fourth-order valence-electron chi connectivity index (χ4n) is 3.57. The molecule has 0 spiro atoms. The first-order valence-electron chi connectivity index (χ1n) is 8.08. The van der Waals surface area contributed by atoms with Crippen LogP contribution in [-0.4, -0.2) is 28.7 Å². The van der Waals surface area contributed by atoms with Gasteiger partial charge in [0.2, 0.25) is 0 Å². The van der Waals surface area contributed by atoms with E-state index in [-0.39, 0.29) is 6.10 Å². The van der Waals surface area contributed by atoms with Crippen molar-refractivity contribution >= 4 is 10.8 Å². The lowest BCUT2D eigenvalue weighted by Gasteiger charge is -2.38. The van der Waals surface area contributed by atoms with Gasteiger partial charge in [0, 0.05) is 19.1 Å². The number of hydrogen-bond acceptors (Lipinski definition) is 2. The highest BCUT2D eigenvalue weighted by Crippen LogP contribution is 2.27. The molecule has 112 valence electrons. The monoisotopic (exact) mass is 283 g/mol. The van der Waals surface area contributed by atoms with E-state index >= 15 is 0 Å². The first kappa shape index (κ1) is 14.6. The van der Waals surface area contributed by atoms with Crippen LogP contribution >= 0.6 is 0 Å². The van der Waals surface area contributed by atoms with E-state index in [9.17, 15) is 5.11 Å². The lowest BCUT2D eigenvalue weighted by Crippen LogP contribution is -2.43. The SMILES string of the molecule is CC[C@H]1C[C@@H](O)CCN1Cc1c(C)ccc2ccccc12. The Morgan fingerprint density at radius 1 is 1.19 bits per heavy atom. The average Bonchev–Trinajstić information content (AvgIpc) is 2.51. The summed E-state index contributed by atoms with van der Waals surface area (Å²) in [5.41, 5.74) is 2.82. The number of aryl methyl sites for hydroxylation is 1. The molecular weight excluding hydrogens is 258 g/mol. The molecule has 1 heterocycles. The summed E-state index contributed by atoms with van der Waals surface area (Å²) in [5.74, 6) is 0. The van der Waals surface area contributed by atoms with E-state index in [1.54, 1.807) is 0 Å². The Kier molecular flexibility index (Phi) is 4.27. The maximum absolute atomic E-state index is 9.89. The molecule has 1 aliphatic rings. The second-order valence-electron chi connectivity index (χ2n) is 6.29. The molecule has 0 bridgehead atoms. The second-order valence-corrected chi connectivity index (χ2v) is 6.29. The minimum absolute atomic E-state index is 0.111. The average molecular weight is 283 g/mol. The first-order valence-corrected chi connectivity index (χ1v) is 8.08. The molecule has 21 heavy (non-hydrogen) atoms. The van der Waals surface area contributed by atoms with Crippen LogP contribution in [0.2, 0.25) is 0 Å². The summed E-state index contributed by atoms with van der Waals surface area (Å²) in [4.78, 5) is 2.56. The van der Waals surface area contributed by atoms with Crippen LogP contribution in [0, 0.1) is 6.92 Å². The molecule has 0 unspecified atom stereocenters. The fraction of sp³-hybridized carbons (Fsp3) is 0.474. The molecule has 1 fully saturated rings. The maximum Gasteiger partial charge on any atom is 0.0567 e. The fourth-order valence-corrected chi connectivity index (χ4v) is 3.57. The summed E-state index contributed by atoms with van der Waals surface area (Å²) >= 11 is 0. The largest absolute Gasteiger partial charge is 0.393 e. The van der Waals surface area contributed by atoms with Gasteiger partial charge in [0.25, 0.3) is 0 Å². The molecule has 2 aromatic carbocycles. The van der Waals surface area contributed by atoms with Crippen LogP contribution < -0.4 is 0 Å². The molecule has 2 nitrogen and oxygen atoms in total. The molecule has 2 atom stereocenters. The lowest BCUT2D eigenvalue weighted by atomic mass is 9.94. The zero-order valence-corrected chi connectivity index (χ0v) is 13.0. The van der Waals surface area contributed by atoms with Crippen molar-refractivity contribution < 1.29 is 5.11 Å². The van der Waals surface area contributed by atoms with Gasteiger partial charge in [-0.05, 0) is 48.1 Å². The Morgan fingerprint density at radius 2 is 2.00 bits per heavy atom. The molecule has 1 aliphatic heterocycles. The molecule has 1 saturated heterocycles. The molecule has 0 aliphatic carbocycles. The van der Waals surface area contributed by atoms with Crippen LogP contribution in [0.25, 0.3) is 10.8 Å². The third kappa shape index (κ3) is 2.97. The summed E-state index contributed by atoms with van der Waals surface area (Å²) < 4.78 is 0.